The average Bonchev–Trinajstić information content (AvgIpc) is 3.17. The van der Waals surface area contributed by atoms with Gasteiger partial charge in [-0.15, -0.1) is 106 Å². The van der Waals surface area contributed by atoms with E-state index < -0.39 is 0 Å². The monoisotopic (exact) mass is 853 g/mol. The Morgan fingerprint density at radius 3 is 1.12 bits per heavy atom. The van der Waals surface area contributed by atoms with E-state index in [-0.39, 0.29) is 20.1 Å². The molecule has 4 aromatic carbocycles. The molecule has 0 aliphatic heterocycles. The standard InChI is InChI=1S/C48H42N3.Ir/c1-34-4-27-46(49-31-34)42-20-10-37(11-21-42)7-8-40-17-19-41(18-9-38-12-22-43(23-13-38)47-28-5-35(2)32-50-47)45(30-40)26-16-39-14-24-44(25-15-39)48-29-6-36(3)33-51-48;/h4-6,10-15,17,19-20,22,24,27-33H,7-9,16,18,26H2,1-3H3;/q-3;+3. The zero-order valence-corrected chi connectivity index (χ0v) is 32.4. The zero-order valence-electron chi connectivity index (χ0n) is 30.0. The fourth-order valence-corrected chi connectivity index (χ4v) is 6.36. The van der Waals surface area contributed by atoms with Crippen LogP contribution in [-0.4, -0.2) is 15.0 Å². The molecule has 0 N–H and O–H groups in total. The van der Waals surface area contributed by atoms with Gasteiger partial charge in [0.1, 0.15) is 0 Å². The Kier molecular flexibility index (Phi) is 12.3. The first-order valence-corrected chi connectivity index (χ1v) is 17.9. The fourth-order valence-electron chi connectivity index (χ4n) is 6.36. The summed E-state index contributed by atoms with van der Waals surface area (Å²) in [5.41, 5.74) is 17.5. The van der Waals surface area contributed by atoms with Crippen LogP contribution in [0.4, 0.5) is 0 Å². The SMILES string of the molecule is Cc1ccc(-c2[c-]cc(CCc3ccc(CCc4c[c-]c(-c5ccc(C)cn5)cc4)c(CCc4c[c-]c(-c5ccc(C)cn5)cc4)c3)cc2)nc1.[Ir+3]. The molecule has 258 valence electrons. The second-order valence-electron chi connectivity index (χ2n) is 13.6. The summed E-state index contributed by atoms with van der Waals surface area (Å²) >= 11 is 0. The molecular weight excluding hydrogens is 811 g/mol. The van der Waals surface area contributed by atoms with E-state index >= 15 is 0 Å². The Balaban J connectivity index is 0.00000464. The van der Waals surface area contributed by atoms with Gasteiger partial charge in [0.2, 0.25) is 0 Å². The Morgan fingerprint density at radius 1 is 0.385 bits per heavy atom. The van der Waals surface area contributed by atoms with E-state index in [4.69, 9.17) is 0 Å². The molecule has 0 fully saturated rings. The third-order valence-electron chi connectivity index (χ3n) is 9.53. The molecule has 0 radical (unpaired) electrons. The molecule has 0 amide bonds. The predicted molar refractivity (Wildman–Crippen MR) is 208 cm³/mol. The van der Waals surface area contributed by atoms with Gasteiger partial charge in [0.25, 0.3) is 0 Å². The Morgan fingerprint density at radius 2 is 0.750 bits per heavy atom. The molecule has 0 spiro atoms. The van der Waals surface area contributed by atoms with Crippen molar-refractivity contribution in [3.05, 3.63) is 196 Å². The summed E-state index contributed by atoms with van der Waals surface area (Å²) in [6.07, 6.45) is 11.6. The van der Waals surface area contributed by atoms with Gasteiger partial charge in [-0.05, 0) is 90.5 Å². The van der Waals surface area contributed by atoms with Crippen molar-refractivity contribution < 1.29 is 20.1 Å². The average molecular weight is 853 g/mol. The maximum Gasteiger partial charge on any atom is 3.00 e. The summed E-state index contributed by atoms with van der Waals surface area (Å²) < 4.78 is 0. The molecule has 3 aromatic heterocycles. The number of aryl methyl sites for hydroxylation is 9. The summed E-state index contributed by atoms with van der Waals surface area (Å²) in [4.78, 5) is 13.7. The maximum atomic E-state index is 4.58. The second kappa shape index (κ2) is 17.5. The first-order chi connectivity index (χ1) is 24.9. The van der Waals surface area contributed by atoms with Gasteiger partial charge < -0.3 is 15.0 Å². The van der Waals surface area contributed by atoms with Gasteiger partial charge in [0.15, 0.2) is 0 Å². The fraction of sp³-hybridized carbons (Fsp3) is 0.188. The van der Waals surface area contributed by atoms with Crippen molar-refractivity contribution in [2.75, 3.05) is 0 Å². The van der Waals surface area contributed by atoms with Crippen LogP contribution in [0.2, 0.25) is 0 Å². The van der Waals surface area contributed by atoms with Gasteiger partial charge >= 0.3 is 20.1 Å². The summed E-state index contributed by atoms with van der Waals surface area (Å²) in [5.74, 6) is 0. The number of rotatable bonds is 12. The van der Waals surface area contributed by atoms with E-state index in [9.17, 15) is 0 Å². The molecule has 52 heavy (non-hydrogen) atoms. The first-order valence-electron chi connectivity index (χ1n) is 17.9. The van der Waals surface area contributed by atoms with Gasteiger partial charge in [-0.1, -0.05) is 73.9 Å². The Labute approximate surface area is 322 Å². The smallest absolute Gasteiger partial charge is 0.304 e. The van der Waals surface area contributed by atoms with E-state index in [1.54, 1.807) is 0 Å². The maximum absolute atomic E-state index is 4.58. The molecule has 7 aromatic rings. The molecular formula is C48H42IrN3. The largest absolute Gasteiger partial charge is 3.00 e. The van der Waals surface area contributed by atoms with Crippen LogP contribution in [0.15, 0.2) is 128 Å². The van der Waals surface area contributed by atoms with Crippen molar-refractivity contribution in [2.24, 2.45) is 0 Å². The molecule has 0 bridgehead atoms. The molecule has 3 nitrogen and oxygen atoms in total. The molecule has 0 aliphatic carbocycles. The van der Waals surface area contributed by atoms with E-state index in [1.807, 2.05) is 18.6 Å². The number of hydrogen-bond donors (Lipinski definition) is 0. The number of aromatic nitrogens is 3. The first kappa shape index (κ1) is 36.8. The molecule has 7 rings (SSSR count). The van der Waals surface area contributed by atoms with Crippen LogP contribution in [-0.2, 0) is 58.6 Å². The van der Waals surface area contributed by atoms with Crippen LogP contribution < -0.4 is 0 Å². The van der Waals surface area contributed by atoms with Crippen LogP contribution >= 0.6 is 0 Å². The topological polar surface area (TPSA) is 38.7 Å². The Hall–Kier alpha value is -5.02. The minimum atomic E-state index is 0. The van der Waals surface area contributed by atoms with Crippen molar-refractivity contribution >= 4 is 0 Å². The van der Waals surface area contributed by atoms with Crippen molar-refractivity contribution in [1.29, 1.82) is 0 Å². The van der Waals surface area contributed by atoms with Crippen molar-refractivity contribution in [3.63, 3.8) is 0 Å². The predicted octanol–water partition coefficient (Wildman–Crippen LogP) is 10.6. The van der Waals surface area contributed by atoms with Crippen LogP contribution in [0.3, 0.4) is 0 Å². The number of pyridine rings is 3. The van der Waals surface area contributed by atoms with Crippen molar-refractivity contribution in [1.82, 2.24) is 15.0 Å². The molecule has 3 heterocycles. The third-order valence-corrected chi connectivity index (χ3v) is 9.53. The van der Waals surface area contributed by atoms with Crippen LogP contribution in [0.1, 0.15) is 50.1 Å². The minimum absolute atomic E-state index is 0. The van der Waals surface area contributed by atoms with E-state index in [0.717, 1.165) is 89.0 Å². The zero-order chi connectivity index (χ0) is 35.0. The normalized spacial score (nSPS) is 10.9. The summed E-state index contributed by atoms with van der Waals surface area (Å²) in [6, 6.07) is 49.5. The van der Waals surface area contributed by atoms with Crippen molar-refractivity contribution in [2.45, 2.75) is 59.3 Å². The summed E-state index contributed by atoms with van der Waals surface area (Å²) in [7, 11) is 0. The summed E-state index contributed by atoms with van der Waals surface area (Å²) in [6.45, 7) is 6.18. The van der Waals surface area contributed by atoms with Gasteiger partial charge in [-0.25, -0.2) is 0 Å². The molecule has 0 atom stereocenters. The summed E-state index contributed by atoms with van der Waals surface area (Å²) in [5, 5.41) is 0. The minimum Gasteiger partial charge on any atom is -0.304 e. The van der Waals surface area contributed by atoms with Gasteiger partial charge in [-0.2, -0.15) is 0 Å². The Bertz CT molecular complexity index is 2170. The van der Waals surface area contributed by atoms with Gasteiger partial charge in [0.05, 0.1) is 0 Å². The molecule has 0 saturated carbocycles. The molecule has 4 heteroatoms. The number of nitrogens with zero attached hydrogens (tertiary/aromatic N) is 3. The van der Waals surface area contributed by atoms with Crippen LogP contribution in [0, 0.1) is 39.0 Å². The van der Waals surface area contributed by atoms with E-state index in [1.165, 1.54) is 33.4 Å². The van der Waals surface area contributed by atoms with E-state index in [2.05, 4.69) is 163 Å². The second-order valence-corrected chi connectivity index (χ2v) is 13.6. The quantitative estimate of drug-likeness (QED) is 0.115. The van der Waals surface area contributed by atoms with E-state index in [0.29, 0.717) is 0 Å². The molecule has 0 saturated heterocycles. The van der Waals surface area contributed by atoms with Gasteiger partial charge in [-0.3, -0.25) is 0 Å². The van der Waals surface area contributed by atoms with Crippen LogP contribution in [0.5, 0.6) is 0 Å². The van der Waals surface area contributed by atoms with Gasteiger partial charge in [0, 0.05) is 18.6 Å². The van der Waals surface area contributed by atoms with Crippen molar-refractivity contribution in [3.8, 4) is 33.8 Å². The third kappa shape index (κ3) is 9.64. The number of hydrogen-bond acceptors (Lipinski definition) is 3. The van der Waals surface area contributed by atoms with Crippen LogP contribution in [0.25, 0.3) is 33.8 Å². The molecule has 0 aliphatic rings. The molecule has 0 unspecified atom stereocenters. The number of benzene rings is 4.